The first-order valence-electron chi connectivity index (χ1n) is 7.04. The van der Waals surface area contributed by atoms with Gasteiger partial charge in [-0.3, -0.25) is 0 Å². The lowest BCUT2D eigenvalue weighted by atomic mass is 9.89. The molecule has 0 heterocycles. The molecule has 102 valence electrons. The van der Waals surface area contributed by atoms with Crippen molar-refractivity contribution in [2.24, 2.45) is 0 Å². The fraction of sp³-hybridized carbons (Fsp3) is 0.263. The minimum atomic E-state index is 1.07. The number of allylic oxidation sites excluding steroid dienone is 1. The molecule has 0 amide bonds. The molecular formula is C19H19Br. The highest BCUT2D eigenvalue weighted by molar-refractivity contribution is 9.10. The molecule has 1 aliphatic rings. The van der Waals surface area contributed by atoms with Crippen LogP contribution in [0.25, 0.3) is 5.57 Å². The summed E-state index contributed by atoms with van der Waals surface area (Å²) in [6, 6.07) is 11.1. The van der Waals surface area contributed by atoms with Gasteiger partial charge in [-0.05, 0) is 73.6 Å². The van der Waals surface area contributed by atoms with E-state index >= 15 is 0 Å². The molecule has 0 spiro atoms. The van der Waals surface area contributed by atoms with E-state index in [1.807, 2.05) is 0 Å². The lowest BCUT2D eigenvalue weighted by molar-refractivity contribution is 1.19. The normalized spacial score (nSPS) is 13.8. The summed E-state index contributed by atoms with van der Waals surface area (Å²) in [6.07, 6.45) is 1.07. The van der Waals surface area contributed by atoms with Crippen molar-refractivity contribution >= 4 is 21.5 Å². The zero-order chi connectivity index (χ0) is 14.4. The molecule has 0 bridgehead atoms. The molecule has 0 aliphatic heterocycles. The van der Waals surface area contributed by atoms with Gasteiger partial charge in [0, 0.05) is 4.47 Å². The third-order valence-electron chi connectivity index (χ3n) is 4.16. The predicted molar refractivity (Wildman–Crippen MR) is 90.2 cm³/mol. The van der Waals surface area contributed by atoms with E-state index in [0.29, 0.717) is 0 Å². The number of hydrogen-bond acceptors (Lipinski definition) is 0. The zero-order valence-electron chi connectivity index (χ0n) is 12.5. The fourth-order valence-corrected chi connectivity index (χ4v) is 4.10. The van der Waals surface area contributed by atoms with Crippen LogP contribution in [-0.4, -0.2) is 0 Å². The van der Waals surface area contributed by atoms with Gasteiger partial charge in [0.15, 0.2) is 0 Å². The van der Waals surface area contributed by atoms with Gasteiger partial charge in [0.05, 0.1) is 0 Å². The Labute approximate surface area is 129 Å². The van der Waals surface area contributed by atoms with Crippen molar-refractivity contribution in [1.82, 2.24) is 0 Å². The SMILES string of the molecule is CC1=C(c2c(C)cc(C)cc2C)c2c(Br)cccc2C1. The van der Waals surface area contributed by atoms with Gasteiger partial charge in [0.2, 0.25) is 0 Å². The summed E-state index contributed by atoms with van der Waals surface area (Å²) in [5, 5.41) is 0. The second-order valence-electron chi connectivity index (χ2n) is 5.88. The summed E-state index contributed by atoms with van der Waals surface area (Å²) in [7, 11) is 0. The quantitative estimate of drug-likeness (QED) is 0.625. The molecule has 0 fully saturated rings. The van der Waals surface area contributed by atoms with Crippen LogP contribution in [0.5, 0.6) is 0 Å². The molecule has 0 saturated heterocycles. The van der Waals surface area contributed by atoms with Gasteiger partial charge in [-0.15, -0.1) is 0 Å². The van der Waals surface area contributed by atoms with E-state index in [9.17, 15) is 0 Å². The Balaban J connectivity index is 2.30. The maximum Gasteiger partial charge on any atom is 0.0256 e. The van der Waals surface area contributed by atoms with E-state index < -0.39 is 0 Å². The Bertz CT molecular complexity index is 712. The maximum atomic E-state index is 3.74. The Hall–Kier alpha value is -1.34. The molecule has 1 aliphatic carbocycles. The third kappa shape index (κ3) is 2.05. The van der Waals surface area contributed by atoms with Crippen LogP contribution in [0.15, 0.2) is 40.4 Å². The van der Waals surface area contributed by atoms with E-state index in [2.05, 4.69) is 74.0 Å². The predicted octanol–water partition coefficient (Wildman–Crippen LogP) is 5.75. The van der Waals surface area contributed by atoms with Crippen LogP contribution in [0.1, 0.15) is 40.3 Å². The van der Waals surface area contributed by atoms with Crippen molar-refractivity contribution in [3.05, 3.63) is 73.8 Å². The molecule has 0 aromatic heterocycles. The number of hydrogen-bond donors (Lipinski definition) is 0. The topological polar surface area (TPSA) is 0 Å². The molecule has 2 aromatic rings. The second kappa shape index (κ2) is 4.89. The van der Waals surface area contributed by atoms with Gasteiger partial charge >= 0.3 is 0 Å². The van der Waals surface area contributed by atoms with Crippen LogP contribution < -0.4 is 0 Å². The highest BCUT2D eigenvalue weighted by Crippen LogP contribution is 2.43. The number of aryl methyl sites for hydroxylation is 3. The smallest absolute Gasteiger partial charge is 0.0256 e. The first-order valence-corrected chi connectivity index (χ1v) is 7.84. The van der Waals surface area contributed by atoms with Crippen molar-refractivity contribution in [3.63, 3.8) is 0 Å². The summed E-state index contributed by atoms with van der Waals surface area (Å²) >= 11 is 3.74. The first kappa shape index (κ1) is 13.6. The van der Waals surface area contributed by atoms with Crippen LogP contribution >= 0.6 is 15.9 Å². The highest BCUT2D eigenvalue weighted by Gasteiger charge is 2.24. The monoisotopic (exact) mass is 326 g/mol. The zero-order valence-corrected chi connectivity index (χ0v) is 14.1. The van der Waals surface area contributed by atoms with Crippen molar-refractivity contribution in [2.75, 3.05) is 0 Å². The fourth-order valence-electron chi connectivity index (χ4n) is 3.50. The second-order valence-corrected chi connectivity index (χ2v) is 6.73. The van der Waals surface area contributed by atoms with Gasteiger partial charge in [-0.1, -0.05) is 51.3 Å². The highest BCUT2D eigenvalue weighted by atomic mass is 79.9. The summed E-state index contributed by atoms with van der Waals surface area (Å²) in [5.41, 5.74) is 11.2. The average Bonchev–Trinajstić information content (AvgIpc) is 2.66. The molecule has 0 N–H and O–H groups in total. The van der Waals surface area contributed by atoms with Crippen molar-refractivity contribution in [1.29, 1.82) is 0 Å². The Morgan fingerprint density at radius 1 is 0.900 bits per heavy atom. The molecule has 3 rings (SSSR count). The average molecular weight is 327 g/mol. The van der Waals surface area contributed by atoms with Gasteiger partial charge in [0.25, 0.3) is 0 Å². The van der Waals surface area contributed by atoms with Crippen LogP contribution in [0.3, 0.4) is 0 Å². The molecule has 1 heteroatoms. The minimum Gasteiger partial charge on any atom is -0.0608 e. The first-order chi connectivity index (χ1) is 9.49. The van der Waals surface area contributed by atoms with E-state index in [4.69, 9.17) is 0 Å². The maximum absolute atomic E-state index is 3.74. The lowest BCUT2D eigenvalue weighted by Gasteiger charge is -2.16. The van der Waals surface area contributed by atoms with E-state index in [1.165, 1.54) is 49.0 Å². The van der Waals surface area contributed by atoms with Gasteiger partial charge < -0.3 is 0 Å². The van der Waals surface area contributed by atoms with Crippen LogP contribution in [0.4, 0.5) is 0 Å². The van der Waals surface area contributed by atoms with Crippen molar-refractivity contribution in [2.45, 2.75) is 34.1 Å². The summed E-state index contributed by atoms with van der Waals surface area (Å²) in [4.78, 5) is 0. The van der Waals surface area contributed by atoms with Crippen molar-refractivity contribution < 1.29 is 0 Å². The lowest BCUT2D eigenvalue weighted by Crippen LogP contribution is -1.97. The van der Waals surface area contributed by atoms with Crippen molar-refractivity contribution in [3.8, 4) is 0 Å². The van der Waals surface area contributed by atoms with E-state index in [0.717, 1.165) is 6.42 Å². The molecule has 0 radical (unpaired) electrons. The van der Waals surface area contributed by atoms with Crippen LogP contribution in [-0.2, 0) is 6.42 Å². The molecule has 0 atom stereocenters. The number of benzene rings is 2. The van der Waals surface area contributed by atoms with Crippen LogP contribution in [0.2, 0.25) is 0 Å². The molecular weight excluding hydrogens is 308 g/mol. The Morgan fingerprint density at radius 3 is 2.20 bits per heavy atom. The van der Waals surface area contributed by atoms with E-state index in [1.54, 1.807) is 0 Å². The molecule has 0 nitrogen and oxygen atoms in total. The standard InChI is InChI=1S/C19H19Br/c1-11-8-12(2)17(13(3)9-11)18-14(4)10-15-6-5-7-16(20)19(15)18/h5-9H,10H2,1-4H3. The Morgan fingerprint density at radius 2 is 1.55 bits per heavy atom. The van der Waals surface area contributed by atoms with Gasteiger partial charge in [-0.25, -0.2) is 0 Å². The molecule has 0 saturated carbocycles. The summed E-state index contributed by atoms with van der Waals surface area (Å²) in [6.45, 7) is 8.89. The summed E-state index contributed by atoms with van der Waals surface area (Å²) in [5.74, 6) is 0. The Kier molecular flexibility index (Phi) is 3.33. The van der Waals surface area contributed by atoms with Crippen LogP contribution in [0, 0.1) is 20.8 Å². The van der Waals surface area contributed by atoms with Gasteiger partial charge in [0.1, 0.15) is 0 Å². The molecule has 2 aromatic carbocycles. The molecule has 0 unspecified atom stereocenters. The minimum absolute atomic E-state index is 1.07. The largest absolute Gasteiger partial charge is 0.0608 e. The number of halogens is 1. The third-order valence-corrected chi connectivity index (χ3v) is 4.82. The molecule has 20 heavy (non-hydrogen) atoms. The number of rotatable bonds is 1. The summed E-state index contributed by atoms with van der Waals surface area (Å²) < 4.78 is 1.21. The van der Waals surface area contributed by atoms with Gasteiger partial charge in [-0.2, -0.15) is 0 Å². The van der Waals surface area contributed by atoms with E-state index in [-0.39, 0.29) is 0 Å². The number of fused-ring (bicyclic) bond motifs is 1.